The number of hydrogen-bond acceptors (Lipinski definition) is 2. The molecule has 0 aliphatic heterocycles. The van der Waals surface area contributed by atoms with Crippen LogP contribution in [0.1, 0.15) is 27.7 Å². The van der Waals surface area contributed by atoms with Crippen molar-refractivity contribution in [2.24, 2.45) is 16.6 Å². The van der Waals surface area contributed by atoms with Gasteiger partial charge >= 0.3 is 0 Å². The Morgan fingerprint density at radius 2 is 1.93 bits per heavy atom. The van der Waals surface area contributed by atoms with Gasteiger partial charge in [0.2, 0.25) is 0 Å². The number of nitrogens with two attached hydrogens (primary N) is 1. The molecule has 0 aliphatic carbocycles. The summed E-state index contributed by atoms with van der Waals surface area (Å²) in [4.78, 5) is 6.50. The summed E-state index contributed by atoms with van der Waals surface area (Å²) in [7, 11) is 2.10. The van der Waals surface area contributed by atoms with Crippen molar-refractivity contribution in [3.63, 3.8) is 0 Å². The molecule has 4 nitrogen and oxygen atoms in total. The number of guanidine groups is 1. The molecule has 0 aromatic heterocycles. The van der Waals surface area contributed by atoms with E-state index < -0.39 is 0 Å². The summed E-state index contributed by atoms with van der Waals surface area (Å²) in [6.45, 7) is 11.2. The minimum Gasteiger partial charge on any atom is -0.370 e. The van der Waals surface area contributed by atoms with Gasteiger partial charge in [0.15, 0.2) is 5.96 Å². The molecule has 0 rings (SSSR count). The molecular weight excluding hydrogens is 188 g/mol. The molecule has 0 amide bonds. The Bertz CT molecular complexity index is 187. The van der Waals surface area contributed by atoms with Crippen molar-refractivity contribution in [2.75, 3.05) is 26.7 Å². The normalized spacial score (nSPS) is 12.9. The SMILES string of the molecule is CC(C)CN=C(N)NCCN(C)C(C)C. The van der Waals surface area contributed by atoms with Crippen molar-refractivity contribution in [3.05, 3.63) is 0 Å². The Balaban J connectivity index is 3.63. The number of likely N-dealkylation sites (N-methyl/N-ethyl adjacent to an activating group) is 1. The van der Waals surface area contributed by atoms with Crippen LogP contribution in [0, 0.1) is 5.92 Å². The van der Waals surface area contributed by atoms with Crippen LogP contribution < -0.4 is 11.1 Å². The Labute approximate surface area is 93.9 Å². The molecular formula is C11H26N4. The van der Waals surface area contributed by atoms with Gasteiger partial charge in [0.05, 0.1) is 0 Å². The Hall–Kier alpha value is -0.770. The van der Waals surface area contributed by atoms with E-state index in [2.05, 4.69) is 50.0 Å². The molecule has 0 aromatic rings. The summed E-state index contributed by atoms with van der Waals surface area (Å²) in [5.41, 5.74) is 5.70. The summed E-state index contributed by atoms with van der Waals surface area (Å²) < 4.78 is 0. The van der Waals surface area contributed by atoms with Crippen LogP contribution in [0.2, 0.25) is 0 Å². The standard InChI is InChI=1S/C11H26N4/c1-9(2)8-14-11(12)13-6-7-15(5)10(3)4/h9-10H,6-8H2,1-5H3,(H3,12,13,14). The van der Waals surface area contributed by atoms with Crippen LogP contribution in [0.3, 0.4) is 0 Å². The largest absolute Gasteiger partial charge is 0.370 e. The van der Waals surface area contributed by atoms with Crippen molar-refractivity contribution >= 4 is 5.96 Å². The van der Waals surface area contributed by atoms with E-state index in [1.165, 1.54) is 0 Å². The lowest BCUT2D eigenvalue weighted by atomic mass is 10.2. The topological polar surface area (TPSA) is 53.6 Å². The highest BCUT2D eigenvalue weighted by molar-refractivity contribution is 5.77. The average Bonchev–Trinajstić information content (AvgIpc) is 2.14. The van der Waals surface area contributed by atoms with Crippen molar-refractivity contribution < 1.29 is 0 Å². The number of nitrogens with zero attached hydrogens (tertiary/aromatic N) is 2. The second kappa shape index (κ2) is 7.51. The van der Waals surface area contributed by atoms with Crippen molar-refractivity contribution in [1.29, 1.82) is 0 Å². The first-order chi connectivity index (χ1) is 6.93. The van der Waals surface area contributed by atoms with Crippen LogP contribution in [0.15, 0.2) is 4.99 Å². The first-order valence-electron chi connectivity index (χ1n) is 5.67. The third kappa shape index (κ3) is 8.24. The molecule has 3 N–H and O–H groups in total. The van der Waals surface area contributed by atoms with E-state index >= 15 is 0 Å². The second-order valence-corrected chi connectivity index (χ2v) is 4.62. The summed E-state index contributed by atoms with van der Waals surface area (Å²) >= 11 is 0. The highest BCUT2D eigenvalue weighted by Gasteiger charge is 2.01. The lowest BCUT2D eigenvalue weighted by molar-refractivity contribution is 0.278. The fraction of sp³-hybridized carbons (Fsp3) is 0.909. The quantitative estimate of drug-likeness (QED) is 0.510. The van der Waals surface area contributed by atoms with Crippen LogP contribution in [0.25, 0.3) is 0 Å². The van der Waals surface area contributed by atoms with E-state index in [1.807, 2.05) is 0 Å². The zero-order valence-corrected chi connectivity index (χ0v) is 10.7. The zero-order valence-electron chi connectivity index (χ0n) is 10.7. The molecule has 90 valence electrons. The zero-order chi connectivity index (χ0) is 11.8. The maximum atomic E-state index is 5.70. The van der Waals surface area contributed by atoms with Crippen LogP contribution >= 0.6 is 0 Å². The third-order valence-electron chi connectivity index (χ3n) is 2.28. The number of rotatable bonds is 6. The van der Waals surface area contributed by atoms with Crippen LogP contribution in [0.5, 0.6) is 0 Å². The van der Waals surface area contributed by atoms with Gasteiger partial charge in [0, 0.05) is 25.7 Å². The van der Waals surface area contributed by atoms with Crippen LogP contribution in [0.4, 0.5) is 0 Å². The molecule has 0 bridgehead atoms. The molecule has 0 saturated carbocycles. The fourth-order valence-electron chi connectivity index (χ4n) is 0.955. The van der Waals surface area contributed by atoms with Gasteiger partial charge in [-0.15, -0.1) is 0 Å². The molecule has 4 heteroatoms. The first kappa shape index (κ1) is 14.2. The number of hydrogen-bond donors (Lipinski definition) is 2. The highest BCUT2D eigenvalue weighted by atomic mass is 15.2. The lowest BCUT2D eigenvalue weighted by Crippen LogP contribution is -2.39. The van der Waals surface area contributed by atoms with E-state index in [4.69, 9.17) is 5.73 Å². The molecule has 0 unspecified atom stereocenters. The summed E-state index contributed by atoms with van der Waals surface area (Å²) in [6.07, 6.45) is 0. The maximum Gasteiger partial charge on any atom is 0.188 e. The molecule has 0 saturated heterocycles. The second-order valence-electron chi connectivity index (χ2n) is 4.62. The predicted octanol–water partition coefficient (Wildman–Crippen LogP) is 0.887. The van der Waals surface area contributed by atoms with Gasteiger partial charge in [-0.2, -0.15) is 0 Å². The lowest BCUT2D eigenvalue weighted by Gasteiger charge is -2.21. The third-order valence-corrected chi connectivity index (χ3v) is 2.28. The van der Waals surface area contributed by atoms with Gasteiger partial charge in [-0.05, 0) is 26.8 Å². The Morgan fingerprint density at radius 1 is 1.33 bits per heavy atom. The van der Waals surface area contributed by atoms with Crippen LogP contribution in [-0.4, -0.2) is 43.6 Å². The Kier molecular flexibility index (Phi) is 7.13. The van der Waals surface area contributed by atoms with E-state index in [-0.39, 0.29) is 0 Å². The van der Waals surface area contributed by atoms with Gasteiger partial charge in [0.25, 0.3) is 0 Å². The fourth-order valence-corrected chi connectivity index (χ4v) is 0.955. The average molecular weight is 214 g/mol. The van der Waals surface area contributed by atoms with E-state index in [0.717, 1.165) is 19.6 Å². The Morgan fingerprint density at radius 3 is 2.40 bits per heavy atom. The minimum absolute atomic E-state index is 0.556. The van der Waals surface area contributed by atoms with E-state index in [1.54, 1.807) is 0 Å². The van der Waals surface area contributed by atoms with Gasteiger partial charge in [0.1, 0.15) is 0 Å². The molecule has 0 aromatic carbocycles. The van der Waals surface area contributed by atoms with Crippen molar-refractivity contribution in [1.82, 2.24) is 10.2 Å². The molecule has 0 spiro atoms. The molecule has 0 fully saturated rings. The highest BCUT2D eigenvalue weighted by Crippen LogP contribution is 1.91. The van der Waals surface area contributed by atoms with Gasteiger partial charge in [-0.1, -0.05) is 13.8 Å². The molecule has 15 heavy (non-hydrogen) atoms. The molecule has 0 atom stereocenters. The first-order valence-corrected chi connectivity index (χ1v) is 5.67. The summed E-state index contributed by atoms with van der Waals surface area (Å²) in [5, 5.41) is 3.11. The van der Waals surface area contributed by atoms with E-state index in [0.29, 0.717) is 17.9 Å². The summed E-state index contributed by atoms with van der Waals surface area (Å²) in [5.74, 6) is 1.12. The van der Waals surface area contributed by atoms with E-state index in [9.17, 15) is 0 Å². The van der Waals surface area contributed by atoms with Gasteiger partial charge in [-0.3, -0.25) is 4.99 Å². The van der Waals surface area contributed by atoms with Crippen molar-refractivity contribution in [3.8, 4) is 0 Å². The molecule has 0 radical (unpaired) electrons. The number of aliphatic imine (C=N–C) groups is 1. The molecule has 0 aliphatic rings. The van der Waals surface area contributed by atoms with Crippen molar-refractivity contribution in [2.45, 2.75) is 33.7 Å². The van der Waals surface area contributed by atoms with Gasteiger partial charge in [-0.25, -0.2) is 0 Å². The molecule has 0 heterocycles. The van der Waals surface area contributed by atoms with Gasteiger partial charge < -0.3 is 16.0 Å². The number of nitrogens with one attached hydrogen (secondary N) is 1. The monoisotopic (exact) mass is 214 g/mol. The van der Waals surface area contributed by atoms with Crippen LogP contribution in [-0.2, 0) is 0 Å². The smallest absolute Gasteiger partial charge is 0.188 e. The maximum absolute atomic E-state index is 5.70. The predicted molar refractivity (Wildman–Crippen MR) is 67.1 cm³/mol. The minimum atomic E-state index is 0.556. The summed E-state index contributed by atoms with van der Waals surface area (Å²) in [6, 6.07) is 0.570.